The molecule has 0 atom stereocenters. The van der Waals surface area contributed by atoms with E-state index in [-0.39, 0.29) is 0 Å². The third-order valence-electron chi connectivity index (χ3n) is 4.38. The summed E-state index contributed by atoms with van der Waals surface area (Å²) < 4.78 is 5.08. The lowest BCUT2D eigenvalue weighted by molar-refractivity contribution is 0.0847. The predicted octanol–water partition coefficient (Wildman–Crippen LogP) is 4.05. The zero-order valence-electron chi connectivity index (χ0n) is 15.5. The van der Waals surface area contributed by atoms with Gasteiger partial charge in [0.1, 0.15) is 5.75 Å². The van der Waals surface area contributed by atoms with Crippen LogP contribution in [-0.2, 0) is 0 Å². The molecule has 0 saturated heterocycles. The highest BCUT2D eigenvalue weighted by Gasteiger charge is 2.15. The highest BCUT2D eigenvalue weighted by molar-refractivity contribution is 7.13. The molecule has 144 valence electrons. The number of fused-ring (bicyclic) bond motifs is 1. The molecule has 0 saturated carbocycles. The molecule has 2 aromatic carbocycles. The smallest absolute Gasteiger partial charge is 0.270 e. The van der Waals surface area contributed by atoms with Gasteiger partial charge >= 0.3 is 0 Å². The fraction of sp³-hybridized carbons (Fsp3) is 0.0455. The Hall–Kier alpha value is -3.71. The monoisotopic (exact) mass is 403 g/mol. The van der Waals surface area contributed by atoms with Gasteiger partial charge in [-0.05, 0) is 47.8 Å². The highest BCUT2D eigenvalue weighted by Crippen LogP contribution is 2.27. The normalized spacial score (nSPS) is 10.5. The average molecular weight is 403 g/mol. The molecule has 2 amide bonds. The van der Waals surface area contributed by atoms with Crippen molar-refractivity contribution in [2.45, 2.75) is 0 Å². The average Bonchev–Trinajstić information content (AvgIpc) is 3.31. The summed E-state index contributed by atoms with van der Waals surface area (Å²) in [5, 5.41) is 2.67. The van der Waals surface area contributed by atoms with Crippen LogP contribution in [0.25, 0.3) is 21.5 Å². The quantitative estimate of drug-likeness (QED) is 0.504. The van der Waals surface area contributed by atoms with Gasteiger partial charge in [-0.15, -0.1) is 11.3 Å². The molecular formula is C22H17N3O3S. The van der Waals surface area contributed by atoms with E-state index in [0.29, 0.717) is 33.5 Å². The molecule has 4 rings (SSSR count). The van der Waals surface area contributed by atoms with Crippen LogP contribution < -0.4 is 15.6 Å². The summed E-state index contributed by atoms with van der Waals surface area (Å²) in [6, 6.07) is 19.7. The van der Waals surface area contributed by atoms with Gasteiger partial charge in [-0.2, -0.15) is 0 Å². The van der Waals surface area contributed by atoms with Crippen LogP contribution in [0.5, 0.6) is 5.75 Å². The first-order valence-corrected chi connectivity index (χ1v) is 9.72. The zero-order chi connectivity index (χ0) is 20.2. The van der Waals surface area contributed by atoms with Gasteiger partial charge in [-0.3, -0.25) is 20.4 Å². The summed E-state index contributed by atoms with van der Waals surface area (Å²) in [4.78, 5) is 30.8. The number of thiophene rings is 1. The molecule has 0 bridgehead atoms. The first-order chi connectivity index (χ1) is 14.2. The maximum atomic E-state index is 12.8. The standard InChI is InChI=1S/C22H17N3O3S/c1-28-15-10-8-14(9-11-15)21(26)24-25-22(27)17-13-19(20-7-4-12-29-20)23-18-6-3-2-5-16(17)18/h2-13H,1H3,(H,24,26)(H,25,27). The van der Waals surface area contributed by atoms with Crippen LogP contribution in [0.3, 0.4) is 0 Å². The van der Waals surface area contributed by atoms with Gasteiger partial charge < -0.3 is 4.74 Å². The number of rotatable bonds is 4. The lowest BCUT2D eigenvalue weighted by Crippen LogP contribution is -2.41. The second-order valence-corrected chi connectivity index (χ2v) is 7.13. The molecule has 0 unspecified atom stereocenters. The minimum absolute atomic E-state index is 0.407. The lowest BCUT2D eigenvalue weighted by atomic mass is 10.1. The van der Waals surface area contributed by atoms with E-state index >= 15 is 0 Å². The number of benzene rings is 2. The third-order valence-corrected chi connectivity index (χ3v) is 5.27. The number of nitrogens with zero attached hydrogens (tertiary/aromatic N) is 1. The second-order valence-electron chi connectivity index (χ2n) is 6.19. The summed E-state index contributed by atoms with van der Waals surface area (Å²) in [5.74, 6) is -0.184. The zero-order valence-corrected chi connectivity index (χ0v) is 16.3. The van der Waals surface area contributed by atoms with Crippen molar-refractivity contribution in [2.75, 3.05) is 7.11 Å². The van der Waals surface area contributed by atoms with Crippen molar-refractivity contribution in [3.63, 3.8) is 0 Å². The number of carbonyl (C=O) groups excluding carboxylic acids is 2. The van der Waals surface area contributed by atoms with Crippen molar-refractivity contribution >= 4 is 34.1 Å². The molecule has 6 nitrogen and oxygen atoms in total. The highest BCUT2D eigenvalue weighted by atomic mass is 32.1. The van der Waals surface area contributed by atoms with E-state index in [4.69, 9.17) is 4.74 Å². The number of pyridine rings is 1. The van der Waals surface area contributed by atoms with Crippen molar-refractivity contribution in [3.05, 3.63) is 83.2 Å². The summed E-state index contributed by atoms with van der Waals surface area (Å²) >= 11 is 1.55. The maximum Gasteiger partial charge on any atom is 0.270 e. The van der Waals surface area contributed by atoms with Crippen molar-refractivity contribution in [1.82, 2.24) is 15.8 Å². The van der Waals surface area contributed by atoms with Crippen molar-refractivity contribution in [2.24, 2.45) is 0 Å². The summed E-state index contributed by atoms with van der Waals surface area (Å²) in [5.41, 5.74) is 7.23. The lowest BCUT2D eigenvalue weighted by Gasteiger charge is -2.11. The SMILES string of the molecule is COc1ccc(C(=O)NNC(=O)c2cc(-c3cccs3)nc3ccccc23)cc1. The predicted molar refractivity (Wildman–Crippen MR) is 113 cm³/mol. The summed E-state index contributed by atoms with van der Waals surface area (Å²) in [6.07, 6.45) is 0. The van der Waals surface area contributed by atoms with Gasteiger partial charge in [0.25, 0.3) is 11.8 Å². The van der Waals surface area contributed by atoms with Gasteiger partial charge in [0.05, 0.1) is 28.8 Å². The van der Waals surface area contributed by atoms with Gasteiger partial charge in [-0.1, -0.05) is 24.3 Å². The van der Waals surface area contributed by atoms with E-state index < -0.39 is 11.8 Å². The van der Waals surface area contributed by atoms with Crippen molar-refractivity contribution in [1.29, 1.82) is 0 Å². The molecule has 0 fully saturated rings. The van der Waals surface area contributed by atoms with E-state index in [0.717, 1.165) is 4.88 Å². The number of para-hydroxylation sites is 1. The van der Waals surface area contributed by atoms with Crippen molar-refractivity contribution in [3.8, 4) is 16.3 Å². The Morgan fingerprint density at radius 2 is 1.69 bits per heavy atom. The number of amides is 2. The topological polar surface area (TPSA) is 80.3 Å². The third kappa shape index (κ3) is 3.95. The summed E-state index contributed by atoms with van der Waals surface area (Å²) in [7, 11) is 1.55. The molecular weight excluding hydrogens is 386 g/mol. The molecule has 2 heterocycles. The van der Waals surface area contributed by atoms with Crippen LogP contribution in [0, 0.1) is 0 Å². The second kappa shape index (κ2) is 8.12. The fourth-order valence-electron chi connectivity index (χ4n) is 2.91. The Kier molecular flexibility index (Phi) is 5.22. The molecule has 0 radical (unpaired) electrons. The van der Waals surface area contributed by atoms with E-state index in [1.807, 2.05) is 41.8 Å². The minimum Gasteiger partial charge on any atom is -0.497 e. The Balaban J connectivity index is 1.58. The number of methoxy groups -OCH3 is 1. The molecule has 2 N–H and O–H groups in total. The first kappa shape index (κ1) is 18.6. The van der Waals surface area contributed by atoms with Crippen LogP contribution in [0.1, 0.15) is 20.7 Å². The summed E-state index contributed by atoms with van der Waals surface area (Å²) in [6.45, 7) is 0. The Morgan fingerprint density at radius 1 is 0.931 bits per heavy atom. The van der Waals surface area contributed by atoms with E-state index in [9.17, 15) is 9.59 Å². The van der Waals surface area contributed by atoms with E-state index in [1.54, 1.807) is 48.8 Å². The number of carbonyl (C=O) groups is 2. The van der Waals surface area contributed by atoms with Gasteiger partial charge in [0, 0.05) is 10.9 Å². The number of hydrogen-bond acceptors (Lipinski definition) is 5. The fourth-order valence-corrected chi connectivity index (χ4v) is 3.60. The van der Waals surface area contributed by atoms with Gasteiger partial charge in [0.2, 0.25) is 0 Å². The first-order valence-electron chi connectivity index (χ1n) is 8.84. The minimum atomic E-state index is -0.419. The molecule has 0 aliphatic heterocycles. The Bertz CT molecular complexity index is 1170. The number of hydrogen-bond donors (Lipinski definition) is 2. The molecule has 7 heteroatoms. The number of hydrazine groups is 1. The molecule has 29 heavy (non-hydrogen) atoms. The Labute approximate surface area is 171 Å². The maximum absolute atomic E-state index is 12.8. The number of aromatic nitrogens is 1. The largest absolute Gasteiger partial charge is 0.497 e. The number of nitrogens with one attached hydrogen (secondary N) is 2. The molecule has 4 aromatic rings. The molecule has 2 aromatic heterocycles. The van der Waals surface area contributed by atoms with Crippen LogP contribution in [0.4, 0.5) is 0 Å². The van der Waals surface area contributed by atoms with E-state index in [1.165, 1.54) is 0 Å². The molecule has 0 spiro atoms. The van der Waals surface area contributed by atoms with Gasteiger partial charge in [0.15, 0.2) is 0 Å². The molecule has 0 aliphatic rings. The van der Waals surface area contributed by atoms with E-state index in [2.05, 4.69) is 15.8 Å². The van der Waals surface area contributed by atoms with Crippen LogP contribution in [0.2, 0.25) is 0 Å². The van der Waals surface area contributed by atoms with Crippen LogP contribution in [0.15, 0.2) is 72.1 Å². The Morgan fingerprint density at radius 3 is 2.41 bits per heavy atom. The van der Waals surface area contributed by atoms with Crippen molar-refractivity contribution < 1.29 is 14.3 Å². The van der Waals surface area contributed by atoms with Crippen LogP contribution >= 0.6 is 11.3 Å². The molecule has 0 aliphatic carbocycles. The van der Waals surface area contributed by atoms with Crippen LogP contribution in [-0.4, -0.2) is 23.9 Å². The van der Waals surface area contributed by atoms with Gasteiger partial charge in [-0.25, -0.2) is 4.98 Å². The number of ether oxygens (including phenoxy) is 1.